The monoisotopic (exact) mass is 276 g/mol. The first kappa shape index (κ1) is 15.1. The molecule has 0 aliphatic rings. The van der Waals surface area contributed by atoms with Crippen LogP contribution >= 0.6 is 22.7 Å². The van der Waals surface area contributed by atoms with Crippen LogP contribution in [0.2, 0.25) is 0 Å². The van der Waals surface area contributed by atoms with Crippen LogP contribution in [0.1, 0.15) is 24.0 Å². The standard InChI is InChI=1S/C16H20S2/c1-13(7-6-10-17)15-8-5-9-16(11-15)14(2)12-18(3)4/h5,8-11H,1-3,6-7,12H2,4H3. The molecule has 1 rings (SSSR count). The zero-order chi connectivity index (χ0) is 13.5. The fourth-order valence-electron chi connectivity index (χ4n) is 1.72. The second-order valence-electron chi connectivity index (χ2n) is 4.42. The first-order valence-electron chi connectivity index (χ1n) is 5.87. The average Bonchev–Trinajstić information content (AvgIpc) is 2.35. The first-order chi connectivity index (χ1) is 8.54. The van der Waals surface area contributed by atoms with E-state index in [4.69, 9.17) is 12.2 Å². The highest BCUT2D eigenvalue weighted by molar-refractivity contribution is 8.13. The number of rotatable bonds is 7. The van der Waals surface area contributed by atoms with E-state index in [2.05, 4.69) is 49.5 Å². The Morgan fingerprint density at radius 3 is 2.44 bits per heavy atom. The summed E-state index contributed by atoms with van der Waals surface area (Å²) in [6.45, 7) is 8.26. The van der Waals surface area contributed by atoms with Gasteiger partial charge in [-0.25, -0.2) is 0 Å². The summed E-state index contributed by atoms with van der Waals surface area (Å²) in [6, 6.07) is 8.43. The maximum Gasteiger partial charge on any atom is 0.0126 e. The number of hydrogen-bond acceptors (Lipinski definition) is 1. The van der Waals surface area contributed by atoms with Crippen LogP contribution in [0.4, 0.5) is 0 Å². The van der Waals surface area contributed by atoms with Crippen LogP contribution in [0, 0.1) is 0 Å². The fourth-order valence-corrected chi connectivity index (χ4v) is 2.60. The Balaban J connectivity index is 2.85. The van der Waals surface area contributed by atoms with Gasteiger partial charge in [-0.05, 0) is 52.8 Å². The second-order valence-corrected chi connectivity index (χ2v) is 6.60. The highest BCUT2D eigenvalue weighted by Crippen LogP contribution is 2.24. The molecule has 0 radical (unpaired) electrons. The first-order valence-corrected chi connectivity index (χ1v) is 8.31. The average molecular weight is 276 g/mol. The summed E-state index contributed by atoms with van der Waals surface area (Å²) < 4.78 is 0. The van der Waals surface area contributed by atoms with Crippen molar-refractivity contribution in [2.24, 2.45) is 0 Å². The minimum absolute atomic E-state index is 0.141. The highest BCUT2D eigenvalue weighted by Gasteiger charge is 2.03. The van der Waals surface area contributed by atoms with Crippen molar-refractivity contribution in [3.8, 4) is 0 Å². The molecule has 1 aromatic carbocycles. The molecule has 0 spiro atoms. The van der Waals surface area contributed by atoms with Crippen LogP contribution in [0.5, 0.6) is 0 Å². The van der Waals surface area contributed by atoms with E-state index >= 15 is 0 Å². The number of thiocarbonyl (C=S) groups is 1. The van der Waals surface area contributed by atoms with Crippen LogP contribution in [0.15, 0.2) is 37.4 Å². The maximum atomic E-state index is 4.85. The molecule has 0 saturated carbocycles. The van der Waals surface area contributed by atoms with E-state index in [0.29, 0.717) is 0 Å². The molecule has 0 amide bonds. The lowest BCUT2D eigenvalue weighted by molar-refractivity contribution is 1.15. The van der Waals surface area contributed by atoms with Crippen LogP contribution in [0.3, 0.4) is 0 Å². The van der Waals surface area contributed by atoms with E-state index in [0.717, 1.165) is 29.7 Å². The van der Waals surface area contributed by atoms with E-state index in [-0.39, 0.29) is 10.5 Å². The molecule has 0 aliphatic heterocycles. The fraction of sp³-hybridized carbons (Fsp3) is 0.250. The van der Waals surface area contributed by atoms with E-state index < -0.39 is 0 Å². The molecule has 0 fully saturated rings. The Kier molecular flexibility index (Phi) is 6.23. The lowest BCUT2D eigenvalue weighted by Crippen LogP contribution is -1.90. The molecule has 2 heteroatoms. The lowest BCUT2D eigenvalue weighted by Gasteiger charge is -2.10. The number of benzene rings is 1. The van der Waals surface area contributed by atoms with Crippen molar-refractivity contribution in [1.82, 2.24) is 0 Å². The topological polar surface area (TPSA) is 0 Å². The lowest BCUT2D eigenvalue weighted by atomic mass is 9.99. The summed E-state index contributed by atoms with van der Waals surface area (Å²) in [6.07, 6.45) is 3.96. The van der Waals surface area contributed by atoms with Crippen molar-refractivity contribution < 1.29 is 0 Å². The SMILES string of the molecule is C=C(CCC=S)c1cccc(C(=C)CS(=C)C)c1. The van der Waals surface area contributed by atoms with Gasteiger partial charge in [-0.15, -0.1) is 0 Å². The van der Waals surface area contributed by atoms with Crippen molar-refractivity contribution >= 4 is 45.1 Å². The van der Waals surface area contributed by atoms with E-state index in [1.54, 1.807) is 5.37 Å². The zero-order valence-electron chi connectivity index (χ0n) is 10.9. The van der Waals surface area contributed by atoms with Gasteiger partial charge in [0.25, 0.3) is 0 Å². The molecule has 1 atom stereocenters. The molecule has 1 unspecified atom stereocenters. The van der Waals surface area contributed by atoms with Gasteiger partial charge in [-0.1, -0.05) is 49.4 Å². The van der Waals surface area contributed by atoms with Gasteiger partial charge in [0.1, 0.15) is 0 Å². The Hall–Kier alpha value is -0.990. The molecule has 0 bridgehead atoms. The molecule has 0 aromatic heterocycles. The summed E-state index contributed by atoms with van der Waals surface area (Å²) in [5.74, 6) is 4.99. The van der Waals surface area contributed by atoms with Gasteiger partial charge in [0.2, 0.25) is 0 Å². The number of hydrogen-bond donors (Lipinski definition) is 0. The van der Waals surface area contributed by atoms with E-state index in [9.17, 15) is 0 Å². The molecule has 0 heterocycles. The largest absolute Gasteiger partial charge is 0.192 e. The van der Waals surface area contributed by atoms with E-state index in [1.807, 2.05) is 0 Å². The van der Waals surface area contributed by atoms with Crippen LogP contribution in [-0.4, -0.2) is 23.2 Å². The van der Waals surface area contributed by atoms with Crippen molar-refractivity contribution in [2.75, 3.05) is 12.0 Å². The van der Waals surface area contributed by atoms with Crippen molar-refractivity contribution in [3.05, 3.63) is 48.6 Å². The molecular formula is C16H20S2. The van der Waals surface area contributed by atoms with Gasteiger partial charge < -0.3 is 0 Å². The van der Waals surface area contributed by atoms with Crippen molar-refractivity contribution in [3.63, 3.8) is 0 Å². The van der Waals surface area contributed by atoms with Gasteiger partial charge in [0.15, 0.2) is 0 Å². The molecule has 0 aliphatic carbocycles. The van der Waals surface area contributed by atoms with Crippen LogP contribution < -0.4 is 0 Å². The summed E-state index contributed by atoms with van der Waals surface area (Å²) in [4.78, 5) is 0. The molecule has 0 nitrogen and oxygen atoms in total. The predicted molar refractivity (Wildman–Crippen MR) is 92.9 cm³/mol. The predicted octanol–water partition coefficient (Wildman–Crippen LogP) is 4.82. The normalized spacial score (nSPS) is 11.8. The van der Waals surface area contributed by atoms with Crippen molar-refractivity contribution in [2.45, 2.75) is 12.8 Å². The molecule has 1 aromatic rings. The quantitative estimate of drug-likeness (QED) is 0.643. The van der Waals surface area contributed by atoms with Gasteiger partial charge >= 0.3 is 0 Å². The minimum atomic E-state index is 0.141. The third-order valence-electron chi connectivity index (χ3n) is 2.66. The Morgan fingerprint density at radius 2 is 1.89 bits per heavy atom. The maximum absolute atomic E-state index is 4.85. The van der Waals surface area contributed by atoms with Gasteiger partial charge in [0, 0.05) is 5.75 Å². The molecule has 18 heavy (non-hydrogen) atoms. The third kappa shape index (κ3) is 4.71. The van der Waals surface area contributed by atoms with Crippen molar-refractivity contribution in [1.29, 1.82) is 0 Å². The summed E-state index contributed by atoms with van der Waals surface area (Å²) >= 11 is 4.85. The van der Waals surface area contributed by atoms with Gasteiger partial charge in [0.05, 0.1) is 0 Å². The van der Waals surface area contributed by atoms with Crippen LogP contribution in [-0.2, 0) is 0 Å². The summed E-state index contributed by atoms with van der Waals surface area (Å²) in [5.41, 5.74) is 4.67. The van der Waals surface area contributed by atoms with Gasteiger partial charge in [-0.2, -0.15) is 10.5 Å². The minimum Gasteiger partial charge on any atom is -0.192 e. The molecule has 0 saturated heterocycles. The molecule has 96 valence electrons. The Bertz CT molecular complexity index is 484. The number of allylic oxidation sites excluding steroid dienone is 1. The smallest absolute Gasteiger partial charge is 0.0126 e. The second kappa shape index (κ2) is 7.45. The zero-order valence-corrected chi connectivity index (χ0v) is 12.6. The Morgan fingerprint density at radius 1 is 1.28 bits per heavy atom. The molecule has 0 N–H and O–H groups in total. The van der Waals surface area contributed by atoms with Gasteiger partial charge in [-0.3, -0.25) is 0 Å². The summed E-state index contributed by atoms with van der Waals surface area (Å²) in [5, 5.41) is 1.76. The Labute approximate surface area is 118 Å². The summed E-state index contributed by atoms with van der Waals surface area (Å²) in [7, 11) is 0.141. The van der Waals surface area contributed by atoms with E-state index in [1.165, 1.54) is 11.1 Å². The highest BCUT2D eigenvalue weighted by atomic mass is 32.2. The van der Waals surface area contributed by atoms with Crippen LogP contribution in [0.25, 0.3) is 11.1 Å². The molecular weight excluding hydrogens is 256 g/mol. The third-order valence-corrected chi connectivity index (χ3v) is 3.74.